The van der Waals surface area contributed by atoms with Crippen molar-refractivity contribution in [1.29, 1.82) is 0 Å². The van der Waals surface area contributed by atoms with E-state index in [4.69, 9.17) is 9.84 Å². The van der Waals surface area contributed by atoms with Crippen molar-refractivity contribution in [3.63, 3.8) is 0 Å². The molecule has 0 aliphatic rings. The Bertz CT molecular complexity index is 368. The van der Waals surface area contributed by atoms with E-state index < -0.39 is 6.10 Å². The van der Waals surface area contributed by atoms with Crippen LogP contribution in [0.1, 0.15) is 31.1 Å². The summed E-state index contributed by atoms with van der Waals surface area (Å²) in [5, 5.41) is 22.2. The molecular weight excluding hydrogens is 230 g/mol. The zero-order valence-electron chi connectivity index (χ0n) is 11.3. The third-order valence-electron chi connectivity index (χ3n) is 2.84. The molecule has 0 saturated carbocycles. The molecule has 1 rings (SSSR count). The van der Waals surface area contributed by atoms with Gasteiger partial charge in [-0.2, -0.15) is 0 Å². The van der Waals surface area contributed by atoms with Gasteiger partial charge in [-0.3, -0.25) is 0 Å². The highest BCUT2D eigenvalue weighted by Gasteiger charge is 2.19. The summed E-state index contributed by atoms with van der Waals surface area (Å²) in [6.45, 7) is 6.89. The van der Waals surface area contributed by atoms with Gasteiger partial charge >= 0.3 is 0 Å². The summed E-state index contributed by atoms with van der Waals surface area (Å²) >= 11 is 0. The average molecular weight is 253 g/mol. The van der Waals surface area contributed by atoms with Crippen molar-refractivity contribution in [2.24, 2.45) is 0 Å². The van der Waals surface area contributed by atoms with E-state index >= 15 is 0 Å². The molecule has 0 heterocycles. The molecule has 4 nitrogen and oxygen atoms in total. The molecule has 3 N–H and O–H groups in total. The van der Waals surface area contributed by atoms with Crippen LogP contribution >= 0.6 is 0 Å². The fourth-order valence-electron chi connectivity index (χ4n) is 1.86. The van der Waals surface area contributed by atoms with E-state index in [9.17, 15) is 5.11 Å². The Kier molecular flexibility index (Phi) is 6.12. The molecule has 0 radical (unpaired) electrons. The topological polar surface area (TPSA) is 61.7 Å². The minimum absolute atomic E-state index is 0.0587. The number of aliphatic hydroxyl groups excluding tert-OH is 2. The smallest absolute Gasteiger partial charge is 0.125 e. The molecule has 0 saturated heterocycles. The van der Waals surface area contributed by atoms with Gasteiger partial charge in [0.05, 0.1) is 19.3 Å². The number of hydrogen-bond donors (Lipinski definition) is 3. The molecule has 2 atom stereocenters. The number of ether oxygens (including phenoxy) is 1. The maximum absolute atomic E-state index is 10.3. The Morgan fingerprint density at radius 2 is 2.11 bits per heavy atom. The molecule has 1 aromatic rings. The maximum atomic E-state index is 10.3. The summed E-state index contributed by atoms with van der Waals surface area (Å²) in [6, 6.07) is 5.65. The molecule has 4 heteroatoms. The van der Waals surface area contributed by atoms with Crippen molar-refractivity contribution in [2.45, 2.75) is 32.9 Å². The van der Waals surface area contributed by atoms with E-state index in [2.05, 4.69) is 5.32 Å². The largest absolute Gasteiger partial charge is 0.493 e. The quantitative estimate of drug-likeness (QED) is 0.687. The van der Waals surface area contributed by atoms with Crippen LogP contribution in [0.25, 0.3) is 0 Å². The standard InChI is InChI=1S/C14H23NO3/c1-4-18-13-6-5-10(2)9-12(13)14(17)11(3)15-7-8-16/h5-6,9,11,14-17H,4,7-8H2,1-3H3. The van der Waals surface area contributed by atoms with E-state index in [0.29, 0.717) is 18.9 Å². The molecule has 1 aromatic carbocycles. The van der Waals surface area contributed by atoms with Gasteiger partial charge < -0.3 is 20.3 Å². The molecule has 0 bridgehead atoms. The lowest BCUT2D eigenvalue weighted by molar-refractivity contribution is 0.128. The van der Waals surface area contributed by atoms with Crippen molar-refractivity contribution in [1.82, 2.24) is 5.32 Å². The fourth-order valence-corrected chi connectivity index (χ4v) is 1.86. The predicted octanol–water partition coefficient (Wildman–Crippen LogP) is 1.40. The number of hydrogen-bond acceptors (Lipinski definition) is 4. The molecular formula is C14H23NO3. The van der Waals surface area contributed by atoms with Crippen molar-refractivity contribution in [2.75, 3.05) is 19.8 Å². The Morgan fingerprint density at radius 1 is 1.39 bits per heavy atom. The second kappa shape index (κ2) is 7.36. The number of aliphatic hydroxyl groups is 2. The van der Waals surface area contributed by atoms with Gasteiger partial charge in [-0.15, -0.1) is 0 Å². The van der Waals surface area contributed by atoms with Gasteiger partial charge in [0.1, 0.15) is 5.75 Å². The minimum atomic E-state index is -0.655. The summed E-state index contributed by atoms with van der Waals surface area (Å²) in [4.78, 5) is 0. The minimum Gasteiger partial charge on any atom is -0.493 e. The Morgan fingerprint density at radius 3 is 2.72 bits per heavy atom. The van der Waals surface area contributed by atoms with E-state index in [1.165, 1.54) is 0 Å². The van der Waals surface area contributed by atoms with E-state index in [1.807, 2.05) is 39.0 Å². The number of rotatable bonds is 7. The van der Waals surface area contributed by atoms with Crippen LogP contribution < -0.4 is 10.1 Å². The van der Waals surface area contributed by atoms with Crippen molar-refractivity contribution in [3.8, 4) is 5.75 Å². The van der Waals surface area contributed by atoms with Crippen LogP contribution in [0.3, 0.4) is 0 Å². The molecule has 18 heavy (non-hydrogen) atoms. The SMILES string of the molecule is CCOc1ccc(C)cc1C(O)C(C)NCCO. The maximum Gasteiger partial charge on any atom is 0.125 e. The number of nitrogens with one attached hydrogen (secondary N) is 1. The van der Waals surface area contributed by atoms with Crippen molar-refractivity contribution < 1.29 is 14.9 Å². The third kappa shape index (κ3) is 3.98. The van der Waals surface area contributed by atoms with Gasteiger partial charge in [-0.25, -0.2) is 0 Å². The lowest BCUT2D eigenvalue weighted by Crippen LogP contribution is -2.34. The predicted molar refractivity (Wildman–Crippen MR) is 71.9 cm³/mol. The molecule has 0 spiro atoms. The van der Waals surface area contributed by atoms with Crippen molar-refractivity contribution >= 4 is 0 Å². The van der Waals surface area contributed by atoms with E-state index in [0.717, 1.165) is 11.1 Å². The second-order valence-corrected chi connectivity index (χ2v) is 4.39. The highest BCUT2D eigenvalue weighted by atomic mass is 16.5. The van der Waals surface area contributed by atoms with Crippen LogP contribution in [0.5, 0.6) is 5.75 Å². The van der Waals surface area contributed by atoms with E-state index in [-0.39, 0.29) is 12.6 Å². The first-order chi connectivity index (χ1) is 8.60. The second-order valence-electron chi connectivity index (χ2n) is 4.39. The van der Waals surface area contributed by atoms with Gasteiger partial charge in [0.2, 0.25) is 0 Å². The van der Waals surface area contributed by atoms with Crippen molar-refractivity contribution in [3.05, 3.63) is 29.3 Å². The molecule has 2 unspecified atom stereocenters. The highest BCUT2D eigenvalue weighted by molar-refractivity contribution is 5.39. The number of aryl methyl sites for hydroxylation is 1. The Hall–Kier alpha value is -1.10. The van der Waals surface area contributed by atoms with Crippen LogP contribution in [0.4, 0.5) is 0 Å². The van der Waals surface area contributed by atoms with Crippen LogP contribution in [0, 0.1) is 6.92 Å². The lowest BCUT2D eigenvalue weighted by Gasteiger charge is -2.22. The summed E-state index contributed by atoms with van der Waals surface area (Å²) in [5.41, 5.74) is 1.87. The van der Waals surface area contributed by atoms with Gasteiger partial charge in [0, 0.05) is 18.2 Å². The molecule has 0 aliphatic heterocycles. The third-order valence-corrected chi connectivity index (χ3v) is 2.84. The van der Waals surface area contributed by atoms with E-state index in [1.54, 1.807) is 0 Å². The molecule has 0 aromatic heterocycles. The van der Waals surface area contributed by atoms with Crippen LogP contribution in [0.2, 0.25) is 0 Å². The van der Waals surface area contributed by atoms with Gasteiger partial charge in [0.25, 0.3) is 0 Å². The Labute approximate surface area is 109 Å². The summed E-state index contributed by atoms with van der Waals surface area (Å²) in [6.07, 6.45) is -0.655. The molecule has 0 amide bonds. The fraction of sp³-hybridized carbons (Fsp3) is 0.571. The Balaban J connectivity index is 2.87. The lowest BCUT2D eigenvalue weighted by atomic mass is 10.0. The van der Waals surface area contributed by atoms with Crippen LogP contribution in [-0.2, 0) is 0 Å². The summed E-state index contributed by atoms with van der Waals surface area (Å²) < 4.78 is 5.53. The normalized spacial score (nSPS) is 14.3. The first-order valence-electron chi connectivity index (χ1n) is 6.35. The first kappa shape index (κ1) is 15.0. The zero-order chi connectivity index (χ0) is 13.5. The monoisotopic (exact) mass is 253 g/mol. The van der Waals surface area contributed by atoms with Gasteiger partial charge in [0.15, 0.2) is 0 Å². The van der Waals surface area contributed by atoms with Crippen LogP contribution in [-0.4, -0.2) is 36.0 Å². The highest BCUT2D eigenvalue weighted by Crippen LogP contribution is 2.28. The summed E-state index contributed by atoms with van der Waals surface area (Å²) in [5.74, 6) is 0.716. The van der Waals surface area contributed by atoms with Crippen LogP contribution in [0.15, 0.2) is 18.2 Å². The molecule has 0 fully saturated rings. The molecule has 0 aliphatic carbocycles. The zero-order valence-corrected chi connectivity index (χ0v) is 11.3. The molecule has 102 valence electrons. The first-order valence-corrected chi connectivity index (χ1v) is 6.35. The van der Waals surface area contributed by atoms with Gasteiger partial charge in [-0.05, 0) is 32.9 Å². The van der Waals surface area contributed by atoms with Gasteiger partial charge in [-0.1, -0.05) is 11.6 Å². The number of benzene rings is 1. The average Bonchev–Trinajstić information content (AvgIpc) is 2.37. The summed E-state index contributed by atoms with van der Waals surface area (Å²) in [7, 11) is 0.